The van der Waals surface area contributed by atoms with Gasteiger partial charge >= 0.3 is 5.97 Å². The molecule has 3 heteroatoms. The molecule has 100 valence electrons. The van der Waals surface area contributed by atoms with E-state index in [2.05, 4.69) is 12.2 Å². The second-order valence-corrected chi connectivity index (χ2v) is 6.34. The lowest BCUT2D eigenvalue weighted by Gasteiger charge is -2.26. The molecule has 0 unspecified atom stereocenters. The fourth-order valence-corrected chi connectivity index (χ4v) is 2.29. The van der Waals surface area contributed by atoms with Crippen molar-refractivity contribution in [3.63, 3.8) is 0 Å². The Morgan fingerprint density at radius 3 is 2.35 bits per heavy atom. The van der Waals surface area contributed by atoms with E-state index in [4.69, 9.17) is 4.74 Å². The Bertz CT molecular complexity index is 237. The summed E-state index contributed by atoms with van der Waals surface area (Å²) in [4.78, 5) is 11.5. The molecule has 17 heavy (non-hydrogen) atoms. The first-order valence-electron chi connectivity index (χ1n) is 6.79. The molecule has 1 aliphatic rings. The molecule has 3 nitrogen and oxygen atoms in total. The minimum absolute atomic E-state index is 0.151. The zero-order valence-corrected chi connectivity index (χ0v) is 11.7. The van der Waals surface area contributed by atoms with E-state index in [1.165, 1.54) is 25.7 Å². The monoisotopic (exact) mass is 241 g/mol. The standard InChI is InChI=1S/C14H27NO2/c1-11-5-7-12(8-6-11)9-15-10-13(16)17-14(2,3)4/h11-12,15H,5-10H2,1-4H3. The van der Waals surface area contributed by atoms with Crippen molar-refractivity contribution in [3.05, 3.63) is 0 Å². The molecular formula is C14H27NO2. The van der Waals surface area contributed by atoms with Crippen LogP contribution in [0.1, 0.15) is 53.4 Å². The fraction of sp³-hybridized carbons (Fsp3) is 0.929. The molecule has 1 rings (SSSR count). The highest BCUT2D eigenvalue weighted by Crippen LogP contribution is 2.27. The Kier molecular flexibility index (Phi) is 5.44. The fourth-order valence-electron chi connectivity index (χ4n) is 2.29. The molecule has 0 aromatic rings. The van der Waals surface area contributed by atoms with E-state index >= 15 is 0 Å². The highest BCUT2D eigenvalue weighted by Gasteiger charge is 2.19. The van der Waals surface area contributed by atoms with Gasteiger partial charge in [0, 0.05) is 0 Å². The molecule has 1 N–H and O–H groups in total. The minimum Gasteiger partial charge on any atom is -0.459 e. The van der Waals surface area contributed by atoms with Crippen molar-refractivity contribution in [2.24, 2.45) is 11.8 Å². The van der Waals surface area contributed by atoms with Gasteiger partial charge in [-0.25, -0.2) is 0 Å². The molecule has 0 aliphatic heterocycles. The van der Waals surface area contributed by atoms with Crippen LogP contribution in [0.25, 0.3) is 0 Å². The summed E-state index contributed by atoms with van der Waals surface area (Å²) in [7, 11) is 0. The second-order valence-electron chi connectivity index (χ2n) is 6.34. The van der Waals surface area contributed by atoms with E-state index in [0.717, 1.165) is 18.4 Å². The van der Waals surface area contributed by atoms with Crippen molar-refractivity contribution < 1.29 is 9.53 Å². The minimum atomic E-state index is -0.376. The van der Waals surface area contributed by atoms with E-state index in [1.54, 1.807) is 0 Å². The number of rotatable bonds is 4. The molecule has 0 heterocycles. The van der Waals surface area contributed by atoms with E-state index < -0.39 is 0 Å². The average molecular weight is 241 g/mol. The summed E-state index contributed by atoms with van der Waals surface area (Å²) in [5.74, 6) is 1.48. The van der Waals surface area contributed by atoms with Crippen LogP contribution in [0.4, 0.5) is 0 Å². The van der Waals surface area contributed by atoms with Gasteiger partial charge in [0.2, 0.25) is 0 Å². The van der Waals surface area contributed by atoms with Crippen molar-refractivity contribution in [1.29, 1.82) is 0 Å². The molecule has 1 saturated carbocycles. The van der Waals surface area contributed by atoms with Crippen LogP contribution in [0.15, 0.2) is 0 Å². The first kappa shape index (κ1) is 14.5. The van der Waals surface area contributed by atoms with E-state index in [9.17, 15) is 4.79 Å². The molecule has 0 saturated heterocycles. The summed E-state index contributed by atoms with van der Waals surface area (Å²) >= 11 is 0. The maximum atomic E-state index is 11.5. The first-order valence-corrected chi connectivity index (χ1v) is 6.79. The number of carbonyl (C=O) groups excluding carboxylic acids is 1. The Hall–Kier alpha value is -0.570. The number of esters is 1. The van der Waals surface area contributed by atoms with Crippen molar-refractivity contribution in [3.8, 4) is 0 Å². The molecular weight excluding hydrogens is 214 g/mol. The van der Waals surface area contributed by atoms with E-state index in [0.29, 0.717) is 6.54 Å². The Balaban J connectivity index is 2.09. The van der Waals surface area contributed by atoms with Crippen molar-refractivity contribution in [2.75, 3.05) is 13.1 Å². The smallest absolute Gasteiger partial charge is 0.320 e. The second kappa shape index (κ2) is 6.39. The molecule has 0 spiro atoms. The normalized spacial score (nSPS) is 25.6. The van der Waals surface area contributed by atoms with Crippen LogP contribution >= 0.6 is 0 Å². The molecule has 0 bridgehead atoms. The van der Waals surface area contributed by atoms with Gasteiger partial charge in [0.25, 0.3) is 0 Å². The van der Waals surface area contributed by atoms with Gasteiger partial charge in [0.1, 0.15) is 5.60 Å². The SMILES string of the molecule is CC1CCC(CNCC(=O)OC(C)(C)C)CC1. The van der Waals surface area contributed by atoms with Gasteiger partial charge in [-0.1, -0.05) is 19.8 Å². The van der Waals surface area contributed by atoms with Gasteiger partial charge in [-0.2, -0.15) is 0 Å². The first-order chi connectivity index (χ1) is 7.87. The van der Waals surface area contributed by atoms with Gasteiger partial charge in [0.15, 0.2) is 0 Å². The molecule has 0 aromatic heterocycles. The van der Waals surface area contributed by atoms with Crippen LogP contribution in [-0.4, -0.2) is 24.7 Å². The Morgan fingerprint density at radius 1 is 1.24 bits per heavy atom. The number of nitrogens with one attached hydrogen (secondary N) is 1. The van der Waals surface area contributed by atoms with Gasteiger partial charge in [-0.05, 0) is 52.0 Å². The lowest BCUT2D eigenvalue weighted by Crippen LogP contribution is -2.34. The predicted octanol–water partition coefficient (Wildman–Crippen LogP) is 2.74. The third-order valence-electron chi connectivity index (χ3n) is 3.26. The highest BCUT2D eigenvalue weighted by atomic mass is 16.6. The molecule has 0 atom stereocenters. The largest absolute Gasteiger partial charge is 0.459 e. The van der Waals surface area contributed by atoms with Gasteiger partial charge in [0.05, 0.1) is 6.54 Å². The number of carbonyl (C=O) groups is 1. The zero-order chi connectivity index (χ0) is 12.9. The van der Waals surface area contributed by atoms with Crippen LogP contribution in [0, 0.1) is 11.8 Å². The maximum absolute atomic E-state index is 11.5. The number of hydrogen-bond donors (Lipinski definition) is 1. The Labute approximate surface area is 105 Å². The summed E-state index contributed by atoms with van der Waals surface area (Å²) in [6, 6.07) is 0. The highest BCUT2D eigenvalue weighted by molar-refractivity contribution is 5.72. The lowest BCUT2D eigenvalue weighted by atomic mass is 9.83. The van der Waals surface area contributed by atoms with Crippen LogP contribution in [0.3, 0.4) is 0 Å². The number of ether oxygens (including phenoxy) is 1. The summed E-state index contributed by atoms with van der Waals surface area (Å²) in [6.45, 7) is 9.30. The third-order valence-corrected chi connectivity index (χ3v) is 3.26. The van der Waals surface area contributed by atoms with Gasteiger partial charge in [-0.15, -0.1) is 0 Å². The van der Waals surface area contributed by atoms with E-state index in [1.807, 2.05) is 20.8 Å². The summed E-state index contributed by atoms with van der Waals surface area (Å²) in [5.41, 5.74) is -0.376. The number of hydrogen-bond acceptors (Lipinski definition) is 3. The quantitative estimate of drug-likeness (QED) is 0.769. The van der Waals surface area contributed by atoms with Crippen LogP contribution in [-0.2, 0) is 9.53 Å². The summed E-state index contributed by atoms with van der Waals surface area (Å²) in [5, 5.41) is 3.22. The van der Waals surface area contributed by atoms with Crippen molar-refractivity contribution in [1.82, 2.24) is 5.32 Å². The van der Waals surface area contributed by atoms with Crippen molar-refractivity contribution >= 4 is 5.97 Å². The molecule has 1 aliphatic carbocycles. The predicted molar refractivity (Wildman–Crippen MR) is 69.8 cm³/mol. The molecule has 0 aromatic carbocycles. The van der Waals surface area contributed by atoms with Gasteiger partial charge < -0.3 is 10.1 Å². The topological polar surface area (TPSA) is 38.3 Å². The van der Waals surface area contributed by atoms with Crippen LogP contribution < -0.4 is 5.32 Å². The zero-order valence-electron chi connectivity index (χ0n) is 11.7. The average Bonchev–Trinajstić information content (AvgIpc) is 2.18. The lowest BCUT2D eigenvalue weighted by molar-refractivity contribution is -0.153. The van der Waals surface area contributed by atoms with Crippen LogP contribution in [0.5, 0.6) is 0 Å². The molecule has 0 amide bonds. The maximum Gasteiger partial charge on any atom is 0.320 e. The van der Waals surface area contributed by atoms with Crippen LogP contribution in [0.2, 0.25) is 0 Å². The van der Waals surface area contributed by atoms with E-state index in [-0.39, 0.29) is 11.6 Å². The van der Waals surface area contributed by atoms with Gasteiger partial charge in [-0.3, -0.25) is 4.79 Å². The molecule has 1 fully saturated rings. The van der Waals surface area contributed by atoms with Crippen molar-refractivity contribution in [2.45, 2.75) is 59.0 Å². The Morgan fingerprint density at radius 2 is 1.82 bits per heavy atom. The summed E-state index contributed by atoms with van der Waals surface area (Å²) < 4.78 is 5.24. The molecule has 0 radical (unpaired) electrons. The third kappa shape index (κ3) is 6.67. The summed E-state index contributed by atoms with van der Waals surface area (Å²) in [6.07, 6.45) is 5.25.